The summed E-state index contributed by atoms with van der Waals surface area (Å²) in [5, 5.41) is 0. The number of hydrogen-bond donors (Lipinski definition) is 1. The Morgan fingerprint density at radius 1 is 1.19 bits per heavy atom. The fourth-order valence-electron chi connectivity index (χ4n) is 3.09. The van der Waals surface area contributed by atoms with E-state index in [4.69, 9.17) is 0 Å². The van der Waals surface area contributed by atoms with Gasteiger partial charge < -0.3 is 0 Å². The van der Waals surface area contributed by atoms with E-state index in [-0.39, 0.29) is 22.6 Å². The number of nitrogens with one attached hydrogen (secondary N) is 1. The van der Waals surface area contributed by atoms with Crippen molar-refractivity contribution in [2.45, 2.75) is 13.3 Å². The standard InChI is InChI=1S/C21H18FN5O3S/c1-2-10-31(29,30)26-17-5-3-4-15(20(17)22)21(28)14-6-7-16-18(11-14)25-19(12-24-16)27-9-8-23-13-27/h3-9,11-13,26H,2,10H2,1H3. The Hall–Kier alpha value is -3.66. The van der Waals surface area contributed by atoms with E-state index in [9.17, 15) is 17.6 Å². The fraction of sp³-hybridized carbons (Fsp3) is 0.143. The smallest absolute Gasteiger partial charge is 0.232 e. The van der Waals surface area contributed by atoms with E-state index in [0.717, 1.165) is 0 Å². The van der Waals surface area contributed by atoms with Crippen molar-refractivity contribution in [1.29, 1.82) is 0 Å². The molecule has 2 aromatic heterocycles. The van der Waals surface area contributed by atoms with Crippen molar-refractivity contribution in [1.82, 2.24) is 19.5 Å². The number of rotatable bonds is 7. The molecule has 4 aromatic rings. The third-order valence-corrected chi connectivity index (χ3v) is 6.02. The number of aromatic nitrogens is 4. The number of hydrogen-bond acceptors (Lipinski definition) is 6. The maximum atomic E-state index is 15.0. The van der Waals surface area contributed by atoms with Crippen LogP contribution in [0.3, 0.4) is 0 Å². The third-order valence-electron chi connectivity index (χ3n) is 4.54. The second-order valence-corrected chi connectivity index (χ2v) is 8.66. The largest absolute Gasteiger partial charge is 0.289 e. The lowest BCUT2D eigenvalue weighted by Gasteiger charge is -2.11. The minimum absolute atomic E-state index is 0.146. The number of nitrogens with zero attached hydrogens (tertiary/aromatic N) is 4. The predicted octanol–water partition coefficient (Wildman–Crippen LogP) is 3.34. The maximum absolute atomic E-state index is 15.0. The van der Waals surface area contributed by atoms with Crippen molar-refractivity contribution in [2.24, 2.45) is 0 Å². The van der Waals surface area contributed by atoms with Crippen LogP contribution in [-0.2, 0) is 10.0 Å². The fourth-order valence-corrected chi connectivity index (χ4v) is 4.22. The molecule has 0 radical (unpaired) electrons. The Morgan fingerprint density at radius 2 is 2.03 bits per heavy atom. The number of sulfonamides is 1. The van der Waals surface area contributed by atoms with Crippen molar-refractivity contribution in [3.8, 4) is 5.82 Å². The van der Waals surface area contributed by atoms with Gasteiger partial charge in [-0.3, -0.25) is 19.1 Å². The molecule has 2 heterocycles. The average molecular weight is 439 g/mol. The number of imidazole rings is 1. The van der Waals surface area contributed by atoms with E-state index in [1.165, 1.54) is 30.3 Å². The number of fused-ring (bicyclic) bond motifs is 1. The van der Waals surface area contributed by atoms with E-state index >= 15 is 0 Å². The molecule has 0 aliphatic carbocycles. The van der Waals surface area contributed by atoms with Crippen LogP contribution in [0.25, 0.3) is 16.9 Å². The van der Waals surface area contributed by atoms with E-state index < -0.39 is 21.6 Å². The van der Waals surface area contributed by atoms with Gasteiger partial charge in [0.2, 0.25) is 10.0 Å². The molecule has 0 atom stereocenters. The molecule has 0 amide bonds. The molecule has 31 heavy (non-hydrogen) atoms. The van der Waals surface area contributed by atoms with Gasteiger partial charge in [-0.25, -0.2) is 22.8 Å². The summed E-state index contributed by atoms with van der Waals surface area (Å²) in [5.74, 6) is -1.14. The van der Waals surface area contributed by atoms with E-state index in [0.29, 0.717) is 23.3 Å². The number of ketones is 1. The summed E-state index contributed by atoms with van der Waals surface area (Å²) < 4.78 is 42.8. The first-order valence-corrected chi connectivity index (χ1v) is 11.1. The van der Waals surface area contributed by atoms with Crippen molar-refractivity contribution >= 4 is 32.5 Å². The van der Waals surface area contributed by atoms with Gasteiger partial charge in [-0.2, -0.15) is 0 Å². The van der Waals surface area contributed by atoms with Crippen molar-refractivity contribution < 1.29 is 17.6 Å². The summed E-state index contributed by atoms with van der Waals surface area (Å²) >= 11 is 0. The Morgan fingerprint density at radius 3 is 2.77 bits per heavy atom. The molecule has 0 unspecified atom stereocenters. The molecule has 0 aliphatic heterocycles. The van der Waals surface area contributed by atoms with Crippen LogP contribution < -0.4 is 4.72 Å². The van der Waals surface area contributed by atoms with Crippen LogP contribution in [0.5, 0.6) is 0 Å². The first-order valence-electron chi connectivity index (χ1n) is 9.47. The molecule has 0 saturated carbocycles. The lowest BCUT2D eigenvalue weighted by molar-refractivity contribution is 0.103. The molecule has 4 rings (SSSR count). The lowest BCUT2D eigenvalue weighted by atomic mass is 10.0. The predicted molar refractivity (Wildman–Crippen MR) is 114 cm³/mol. The molecular formula is C21H18FN5O3S. The van der Waals surface area contributed by atoms with Crippen LogP contribution in [0.2, 0.25) is 0 Å². The van der Waals surface area contributed by atoms with Crippen LogP contribution >= 0.6 is 0 Å². The molecule has 2 aromatic carbocycles. The summed E-state index contributed by atoms with van der Waals surface area (Å²) in [7, 11) is -3.70. The molecule has 0 saturated heterocycles. The molecule has 10 heteroatoms. The minimum Gasteiger partial charge on any atom is -0.289 e. The van der Waals surface area contributed by atoms with Crippen molar-refractivity contribution in [3.05, 3.63) is 78.3 Å². The van der Waals surface area contributed by atoms with Crippen LogP contribution in [0, 0.1) is 5.82 Å². The van der Waals surface area contributed by atoms with Gasteiger partial charge in [0.25, 0.3) is 0 Å². The SMILES string of the molecule is CCCS(=O)(=O)Nc1cccc(C(=O)c2ccc3ncc(-n4ccnc4)nc3c2)c1F. The maximum Gasteiger partial charge on any atom is 0.232 e. The number of benzene rings is 2. The topological polar surface area (TPSA) is 107 Å². The molecule has 1 N–H and O–H groups in total. The zero-order valence-corrected chi connectivity index (χ0v) is 17.3. The molecular weight excluding hydrogens is 421 g/mol. The molecule has 0 aliphatic rings. The van der Waals surface area contributed by atoms with Crippen molar-refractivity contribution in [2.75, 3.05) is 10.5 Å². The molecule has 0 bridgehead atoms. The molecule has 0 spiro atoms. The summed E-state index contributed by atoms with van der Waals surface area (Å²) in [6, 6.07) is 8.70. The van der Waals surface area contributed by atoms with Gasteiger partial charge in [-0.1, -0.05) is 13.0 Å². The quantitative estimate of drug-likeness (QED) is 0.443. The summed E-state index contributed by atoms with van der Waals surface area (Å²) in [6.07, 6.45) is 6.86. The Kier molecular flexibility index (Phi) is 5.47. The average Bonchev–Trinajstić information content (AvgIpc) is 3.29. The van der Waals surface area contributed by atoms with Gasteiger partial charge >= 0.3 is 0 Å². The van der Waals surface area contributed by atoms with Crippen LogP contribution in [0.1, 0.15) is 29.3 Å². The highest BCUT2D eigenvalue weighted by atomic mass is 32.2. The van der Waals surface area contributed by atoms with E-state index in [2.05, 4.69) is 19.7 Å². The molecule has 158 valence electrons. The summed E-state index contributed by atoms with van der Waals surface area (Å²) in [6.45, 7) is 1.70. The Balaban J connectivity index is 1.70. The van der Waals surface area contributed by atoms with Gasteiger partial charge in [0.15, 0.2) is 17.4 Å². The first-order chi connectivity index (χ1) is 14.9. The second-order valence-electron chi connectivity index (χ2n) is 6.82. The van der Waals surface area contributed by atoms with Crippen molar-refractivity contribution in [3.63, 3.8) is 0 Å². The van der Waals surface area contributed by atoms with Crippen LogP contribution in [0.4, 0.5) is 10.1 Å². The summed E-state index contributed by atoms with van der Waals surface area (Å²) in [5.41, 5.74) is 0.730. The van der Waals surface area contributed by atoms with E-state index in [1.807, 2.05) is 0 Å². The van der Waals surface area contributed by atoms with Crippen LogP contribution in [0.15, 0.2) is 61.3 Å². The number of carbonyl (C=O) groups is 1. The Labute approximate surface area is 177 Å². The number of halogens is 1. The number of carbonyl (C=O) groups excluding carboxylic acids is 1. The van der Waals surface area contributed by atoms with E-state index in [1.54, 1.807) is 42.5 Å². The van der Waals surface area contributed by atoms with Gasteiger partial charge in [0.1, 0.15) is 6.33 Å². The molecule has 0 fully saturated rings. The molecule has 8 nitrogen and oxygen atoms in total. The summed E-state index contributed by atoms with van der Waals surface area (Å²) in [4.78, 5) is 25.8. The second kappa shape index (κ2) is 8.23. The zero-order chi connectivity index (χ0) is 22.0. The highest BCUT2D eigenvalue weighted by molar-refractivity contribution is 7.92. The Bertz CT molecular complexity index is 1370. The van der Waals surface area contributed by atoms with Gasteiger partial charge in [0.05, 0.1) is 34.2 Å². The highest BCUT2D eigenvalue weighted by Crippen LogP contribution is 2.23. The normalized spacial score (nSPS) is 11.5. The minimum atomic E-state index is -3.70. The van der Waals surface area contributed by atoms with Gasteiger partial charge in [0, 0.05) is 18.0 Å². The zero-order valence-electron chi connectivity index (χ0n) is 16.5. The van der Waals surface area contributed by atoms with Crippen LogP contribution in [-0.4, -0.2) is 39.5 Å². The van der Waals surface area contributed by atoms with Gasteiger partial charge in [-0.15, -0.1) is 0 Å². The lowest BCUT2D eigenvalue weighted by Crippen LogP contribution is -2.18. The third kappa shape index (κ3) is 4.29. The monoisotopic (exact) mass is 439 g/mol. The number of anilines is 1. The highest BCUT2D eigenvalue weighted by Gasteiger charge is 2.20. The van der Waals surface area contributed by atoms with Gasteiger partial charge in [-0.05, 0) is 36.8 Å². The first kappa shape index (κ1) is 20.6.